The Balaban J connectivity index is 2.41. The third-order valence-corrected chi connectivity index (χ3v) is 1.26. The number of benzene rings is 1. The minimum Gasteiger partial charge on any atom is -0.410 e. The van der Waals surface area contributed by atoms with Crippen LogP contribution in [0.25, 0.3) is 0 Å². The molecule has 0 saturated carbocycles. The van der Waals surface area contributed by atoms with E-state index in [1.807, 2.05) is 6.07 Å². The highest BCUT2D eigenvalue weighted by molar-refractivity contribution is 5.73. The van der Waals surface area contributed by atoms with E-state index in [-0.39, 0.29) is 6.54 Å². The largest absolute Gasteiger partial charge is 0.412 e. The lowest BCUT2D eigenvalue weighted by Crippen LogP contribution is -2.28. The van der Waals surface area contributed by atoms with Gasteiger partial charge in [-0.25, -0.2) is 4.79 Å². The van der Waals surface area contributed by atoms with Gasteiger partial charge in [-0.2, -0.15) is 0 Å². The minimum absolute atomic E-state index is 0.161. The van der Waals surface area contributed by atoms with Gasteiger partial charge >= 0.3 is 6.09 Å². The topological polar surface area (TPSA) is 55.4 Å². The van der Waals surface area contributed by atoms with Crippen LogP contribution in [0.1, 0.15) is 0 Å². The lowest BCUT2D eigenvalue weighted by Gasteiger charge is -2.02. The summed E-state index contributed by atoms with van der Waals surface area (Å²) in [5, 5.41) is 2.20. The zero-order valence-electron chi connectivity index (χ0n) is 6.82. The molecule has 4 nitrogen and oxygen atoms in total. The molecule has 0 aliphatic rings. The smallest absolute Gasteiger partial charge is 0.410 e. The fourth-order valence-electron chi connectivity index (χ4n) is 0.740. The van der Waals surface area contributed by atoms with E-state index >= 15 is 0 Å². The van der Waals surface area contributed by atoms with E-state index in [9.17, 15) is 9.59 Å². The van der Waals surface area contributed by atoms with Crippen molar-refractivity contribution >= 4 is 12.4 Å². The molecule has 0 unspecified atom stereocenters. The number of carbonyl (C=O) groups excluding carboxylic acids is 2. The molecule has 1 aromatic rings. The highest BCUT2D eigenvalue weighted by atomic mass is 16.6. The van der Waals surface area contributed by atoms with Gasteiger partial charge in [-0.3, -0.25) is 4.79 Å². The van der Waals surface area contributed by atoms with Crippen LogP contribution in [0.5, 0.6) is 5.75 Å². The van der Waals surface area contributed by atoms with Gasteiger partial charge in [-0.1, -0.05) is 18.2 Å². The molecule has 0 saturated heterocycles. The molecule has 0 heterocycles. The average Bonchev–Trinajstić information content (AvgIpc) is 2.16. The van der Waals surface area contributed by atoms with Crippen LogP contribution in [0.15, 0.2) is 30.3 Å². The molecule has 0 atom stereocenters. The number of carbonyl (C=O) groups is 1. The zero-order chi connectivity index (χ0) is 9.52. The number of hydrogen-bond donors (Lipinski definition) is 1. The van der Waals surface area contributed by atoms with Gasteiger partial charge < -0.3 is 10.1 Å². The molecule has 0 aliphatic carbocycles. The average molecular weight is 178 g/mol. The Kier molecular flexibility index (Phi) is 3.50. The molecule has 0 spiro atoms. The third kappa shape index (κ3) is 3.37. The maximum absolute atomic E-state index is 10.9. The van der Waals surface area contributed by atoms with Crippen molar-refractivity contribution in [3.63, 3.8) is 0 Å². The van der Waals surface area contributed by atoms with Crippen molar-refractivity contribution in [2.24, 2.45) is 0 Å². The van der Waals surface area contributed by atoms with Crippen LogP contribution in [0.3, 0.4) is 0 Å². The second-order valence-corrected chi connectivity index (χ2v) is 2.20. The number of amides is 1. The molecule has 0 bridgehead atoms. The van der Waals surface area contributed by atoms with E-state index in [1.165, 1.54) is 6.29 Å². The normalized spacial score (nSPS) is 8.92. The van der Waals surface area contributed by atoms with Crippen LogP contribution < -0.4 is 10.1 Å². The van der Waals surface area contributed by atoms with Crippen LogP contribution in [0.2, 0.25) is 0 Å². The maximum Gasteiger partial charge on any atom is 0.412 e. The molecule has 13 heavy (non-hydrogen) atoms. The first-order valence-corrected chi connectivity index (χ1v) is 3.68. The minimum atomic E-state index is -0.658. The summed E-state index contributed by atoms with van der Waals surface area (Å²) in [6, 6.07) is 8.58. The molecular formula is C9H8NO3. The fraction of sp³-hybridized carbons (Fsp3) is 0.111. The Morgan fingerprint density at radius 1 is 1.38 bits per heavy atom. The van der Waals surface area contributed by atoms with E-state index < -0.39 is 6.09 Å². The monoisotopic (exact) mass is 178 g/mol. The Labute approximate surface area is 75.5 Å². The SMILES string of the molecule is O=[C]CNC(=O)Oc1ccccc1. The van der Waals surface area contributed by atoms with Crippen LogP contribution in [0, 0.1) is 0 Å². The van der Waals surface area contributed by atoms with Gasteiger partial charge in [0.15, 0.2) is 0 Å². The van der Waals surface area contributed by atoms with Gasteiger partial charge in [0.25, 0.3) is 0 Å². The standard InChI is InChI=1S/C9H8NO3/c11-7-6-10-9(12)13-8-4-2-1-3-5-8/h1-5H,6H2,(H,10,12). The van der Waals surface area contributed by atoms with Gasteiger partial charge in [-0.05, 0) is 12.1 Å². The van der Waals surface area contributed by atoms with Gasteiger partial charge in [0.2, 0.25) is 6.29 Å². The molecule has 1 radical (unpaired) electrons. The molecule has 1 N–H and O–H groups in total. The maximum atomic E-state index is 10.9. The lowest BCUT2D eigenvalue weighted by molar-refractivity contribution is 0.202. The number of rotatable bonds is 3. The summed E-state index contributed by atoms with van der Waals surface area (Å²) in [4.78, 5) is 20.6. The summed E-state index contributed by atoms with van der Waals surface area (Å²) in [7, 11) is 0. The van der Waals surface area contributed by atoms with Crippen molar-refractivity contribution in [3.8, 4) is 5.75 Å². The van der Waals surface area contributed by atoms with Crippen molar-refractivity contribution in [2.45, 2.75) is 0 Å². The molecule has 1 rings (SSSR count). The molecule has 0 fully saturated rings. The summed E-state index contributed by atoms with van der Waals surface area (Å²) < 4.78 is 4.79. The second kappa shape index (κ2) is 4.92. The summed E-state index contributed by atoms with van der Waals surface area (Å²) in [5.41, 5.74) is 0. The van der Waals surface area contributed by atoms with Gasteiger partial charge in [0, 0.05) is 0 Å². The first-order chi connectivity index (χ1) is 6.33. The molecule has 0 aromatic heterocycles. The molecule has 0 aliphatic heterocycles. The molecular weight excluding hydrogens is 170 g/mol. The van der Waals surface area contributed by atoms with Crippen molar-refractivity contribution in [3.05, 3.63) is 30.3 Å². The van der Waals surface area contributed by atoms with Crippen molar-refractivity contribution in [2.75, 3.05) is 6.54 Å². The Morgan fingerprint density at radius 2 is 2.08 bits per heavy atom. The Hall–Kier alpha value is -1.84. The summed E-state index contributed by atoms with van der Waals surface area (Å²) in [6.45, 7) is -0.161. The molecule has 67 valence electrons. The van der Waals surface area contributed by atoms with Crippen LogP contribution in [0.4, 0.5) is 4.79 Å². The number of nitrogens with one attached hydrogen (secondary N) is 1. The quantitative estimate of drug-likeness (QED) is 0.747. The summed E-state index contributed by atoms with van der Waals surface area (Å²) >= 11 is 0. The molecule has 1 amide bonds. The van der Waals surface area contributed by atoms with Crippen LogP contribution >= 0.6 is 0 Å². The molecule has 4 heteroatoms. The number of ether oxygens (including phenoxy) is 1. The first kappa shape index (κ1) is 9.25. The van der Waals surface area contributed by atoms with E-state index in [1.54, 1.807) is 24.3 Å². The lowest BCUT2D eigenvalue weighted by atomic mass is 10.3. The highest BCUT2D eigenvalue weighted by Crippen LogP contribution is 2.07. The van der Waals surface area contributed by atoms with E-state index in [4.69, 9.17) is 4.74 Å². The van der Waals surface area contributed by atoms with Crippen molar-refractivity contribution in [1.82, 2.24) is 5.32 Å². The van der Waals surface area contributed by atoms with E-state index in [0.717, 1.165) is 0 Å². The fourth-order valence-corrected chi connectivity index (χ4v) is 0.740. The predicted octanol–water partition coefficient (Wildman–Crippen LogP) is 0.885. The van der Waals surface area contributed by atoms with E-state index in [2.05, 4.69) is 5.32 Å². The Bertz CT molecular complexity index is 284. The third-order valence-electron chi connectivity index (χ3n) is 1.26. The van der Waals surface area contributed by atoms with Crippen LogP contribution in [-0.2, 0) is 4.79 Å². The second-order valence-electron chi connectivity index (χ2n) is 2.20. The number of hydrogen-bond acceptors (Lipinski definition) is 3. The zero-order valence-corrected chi connectivity index (χ0v) is 6.82. The number of para-hydroxylation sites is 1. The van der Waals surface area contributed by atoms with Crippen molar-refractivity contribution in [1.29, 1.82) is 0 Å². The van der Waals surface area contributed by atoms with Crippen molar-refractivity contribution < 1.29 is 14.3 Å². The Morgan fingerprint density at radius 3 is 2.69 bits per heavy atom. The van der Waals surface area contributed by atoms with Gasteiger partial charge in [-0.15, -0.1) is 0 Å². The van der Waals surface area contributed by atoms with Crippen LogP contribution in [-0.4, -0.2) is 18.9 Å². The van der Waals surface area contributed by atoms with Gasteiger partial charge in [0.05, 0.1) is 6.54 Å². The predicted molar refractivity (Wildman–Crippen MR) is 46.2 cm³/mol. The van der Waals surface area contributed by atoms with Gasteiger partial charge in [0.1, 0.15) is 5.75 Å². The first-order valence-electron chi connectivity index (χ1n) is 3.68. The summed E-state index contributed by atoms with van der Waals surface area (Å²) in [6.07, 6.45) is 0.865. The summed E-state index contributed by atoms with van der Waals surface area (Å²) in [5.74, 6) is 0.436. The highest BCUT2D eigenvalue weighted by Gasteiger charge is 2.01. The molecule has 1 aromatic carbocycles. The van der Waals surface area contributed by atoms with E-state index in [0.29, 0.717) is 5.75 Å².